The fourth-order valence-electron chi connectivity index (χ4n) is 4.35. The fourth-order valence-corrected chi connectivity index (χ4v) is 4.35. The number of aliphatic hydroxyl groups is 2. The molecule has 4 atom stereocenters. The van der Waals surface area contributed by atoms with Crippen molar-refractivity contribution in [3.05, 3.63) is 48.0 Å². The Bertz CT molecular complexity index is 1000. The van der Waals surface area contributed by atoms with Crippen molar-refractivity contribution in [3.63, 3.8) is 0 Å². The van der Waals surface area contributed by atoms with Crippen LogP contribution in [0.3, 0.4) is 0 Å². The van der Waals surface area contributed by atoms with Gasteiger partial charge in [0.25, 0.3) is 0 Å². The third-order valence-electron chi connectivity index (χ3n) is 5.79. The van der Waals surface area contributed by atoms with E-state index in [1.165, 1.54) is 24.6 Å². The smallest absolute Gasteiger partial charge is 0.167 e. The average molecular weight is 397 g/mol. The van der Waals surface area contributed by atoms with Crippen molar-refractivity contribution in [1.82, 2.24) is 19.5 Å². The lowest BCUT2D eigenvalue weighted by Crippen LogP contribution is -2.34. The first-order valence-electron chi connectivity index (χ1n) is 9.67. The van der Waals surface area contributed by atoms with E-state index in [-0.39, 0.29) is 12.6 Å². The molecule has 9 nitrogen and oxygen atoms in total. The summed E-state index contributed by atoms with van der Waals surface area (Å²) >= 11 is 0. The zero-order valence-corrected chi connectivity index (χ0v) is 16.0. The summed E-state index contributed by atoms with van der Waals surface area (Å²) in [5.74, 6) is 0.665. The highest BCUT2D eigenvalue weighted by Crippen LogP contribution is 2.34. The molecule has 1 aromatic carbocycles. The summed E-state index contributed by atoms with van der Waals surface area (Å²) in [4.78, 5) is 13.3. The summed E-state index contributed by atoms with van der Waals surface area (Å²) in [6.07, 6.45) is 2.02. The Kier molecular flexibility index (Phi) is 4.67. The molecule has 152 valence electrons. The van der Waals surface area contributed by atoms with E-state index < -0.39 is 24.5 Å². The Morgan fingerprint density at radius 3 is 2.66 bits per heavy atom. The standard InChI is InChI=1S/C20H23N5O4/c1-28-17-16(27)14(8-26)29-20(17)25-10-23-15-18(21-9-22-19(15)25)24-13-6-11-4-2-3-5-12(11)7-13/h2-5,9-10,13-14,16-17,20,26-27H,6-8H2,1H3,(H,21,22,24)/t14-,16?,17?,20-/m1/s1. The van der Waals surface area contributed by atoms with E-state index in [1.807, 2.05) is 0 Å². The Labute approximate surface area is 167 Å². The highest BCUT2D eigenvalue weighted by molar-refractivity contribution is 5.83. The van der Waals surface area contributed by atoms with Gasteiger partial charge < -0.3 is 25.0 Å². The van der Waals surface area contributed by atoms with Gasteiger partial charge >= 0.3 is 0 Å². The minimum absolute atomic E-state index is 0.241. The van der Waals surface area contributed by atoms with Gasteiger partial charge in [-0.3, -0.25) is 4.57 Å². The van der Waals surface area contributed by atoms with Crippen molar-refractivity contribution in [3.8, 4) is 0 Å². The normalized spacial score (nSPS) is 26.9. The van der Waals surface area contributed by atoms with Crippen LogP contribution in [0.4, 0.5) is 5.82 Å². The summed E-state index contributed by atoms with van der Waals surface area (Å²) in [5, 5.41) is 23.3. The van der Waals surface area contributed by atoms with Gasteiger partial charge in [-0.1, -0.05) is 24.3 Å². The molecule has 1 aliphatic heterocycles. The number of benzene rings is 1. The van der Waals surface area contributed by atoms with Crippen LogP contribution in [0.1, 0.15) is 17.4 Å². The fraction of sp³-hybridized carbons (Fsp3) is 0.450. The average Bonchev–Trinajstić information content (AvgIpc) is 3.42. The molecular formula is C20H23N5O4. The molecule has 29 heavy (non-hydrogen) atoms. The van der Waals surface area contributed by atoms with Gasteiger partial charge in [0, 0.05) is 13.2 Å². The van der Waals surface area contributed by atoms with Gasteiger partial charge in [0.05, 0.1) is 12.9 Å². The van der Waals surface area contributed by atoms with Crippen molar-refractivity contribution < 1.29 is 19.7 Å². The van der Waals surface area contributed by atoms with Crippen molar-refractivity contribution in [1.29, 1.82) is 0 Å². The number of imidazole rings is 1. The summed E-state index contributed by atoms with van der Waals surface area (Å²) in [6, 6.07) is 8.69. The molecule has 2 aliphatic rings. The predicted molar refractivity (Wildman–Crippen MR) is 104 cm³/mol. The van der Waals surface area contributed by atoms with Crippen LogP contribution in [-0.2, 0) is 22.3 Å². The van der Waals surface area contributed by atoms with Gasteiger partial charge in [-0.2, -0.15) is 0 Å². The number of nitrogens with one attached hydrogen (secondary N) is 1. The largest absolute Gasteiger partial charge is 0.394 e. The maximum Gasteiger partial charge on any atom is 0.167 e. The quantitative estimate of drug-likeness (QED) is 0.576. The number of aromatic nitrogens is 4. The molecule has 0 amide bonds. The maximum absolute atomic E-state index is 10.3. The molecule has 3 heterocycles. The lowest BCUT2D eigenvalue weighted by Gasteiger charge is -2.20. The Balaban J connectivity index is 1.43. The molecule has 0 spiro atoms. The third kappa shape index (κ3) is 3.06. The first kappa shape index (κ1) is 18.4. The van der Waals surface area contributed by atoms with Crippen molar-refractivity contribution in [2.75, 3.05) is 19.0 Å². The Morgan fingerprint density at radius 2 is 1.97 bits per heavy atom. The van der Waals surface area contributed by atoms with Gasteiger partial charge in [-0.15, -0.1) is 0 Å². The number of hydrogen-bond donors (Lipinski definition) is 3. The molecule has 3 aromatic rings. The minimum atomic E-state index is -0.941. The topological polar surface area (TPSA) is 115 Å². The zero-order chi connectivity index (χ0) is 20.0. The van der Waals surface area contributed by atoms with Crippen molar-refractivity contribution >= 4 is 17.0 Å². The number of nitrogens with zero attached hydrogens (tertiary/aromatic N) is 4. The van der Waals surface area contributed by atoms with Crippen LogP contribution in [0, 0.1) is 0 Å². The van der Waals surface area contributed by atoms with Gasteiger partial charge in [-0.25, -0.2) is 15.0 Å². The number of fused-ring (bicyclic) bond motifs is 2. The van der Waals surface area contributed by atoms with Crippen LogP contribution in [0.2, 0.25) is 0 Å². The minimum Gasteiger partial charge on any atom is -0.394 e. The molecule has 9 heteroatoms. The number of methoxy groups -OCH3 is 1. The molecule has 2 unspecified atom stereocenters. The molecule has 0 saturated carbocycles. The van der Waals surface area contributed by atoms with Crippen molar-refractivity contribution in [2.24, 2.45) is 0 Å². The number of ether oxygens (including phenoxy) is 2. The van der Waals surface area contributed by atoms with Crippen LogP contribution >= 0.6 is 0 Å². The van der Waals surface area contributed by atoms with E-state index in [0.717, 1.165) is 12.8 Å². The number of aliphatic hydroxyl groups excluding tert-OH is 2. The van der Waals surface area contributed by atoms with Crippen LogP contribution in [0.5, 0.6) is 0 Å². The van der Waals surface area contributed by atoms with E-state index in [4.69, 9.17) is 9.47 Å². The second-order valence-corrected chi connectivity index (χ2v) is 7.50. The van der Waals surface area contributed by atoms with Crippen LogP contribution in [0.25, 0.3) is 11.2 Å². The highest BCUT2D eigenvalue weighted by Gasteiger charge is 2.45. The molecular weight excluding hydrogens is 374 g/mol. The first-order chi connectivity index (χ1) is 14.2. The van der Waals surface area contributed by atoms with E-state index in [9.17, 15) is 10.2 Å². The van der Waals surface area contributed by atoms with Gasteiger partial charge in [0.15, 0.2) is 23.2 Å². The molecule has 5 rings (SSSR count). The monoisotopic (exact) mass is 397 g/mol. The SMILES string of the molecule is COC1C(O)[C@@H](CO)O[C@H]1n1cnc2c(NC3Cc4ccccc4C3)ncnc21. The highest BCUT2D eigenvalue weighted by atomic mass is 16.6. The van der Waals surface area contributed by atoms with E-state index in [2.05, 4.69) is 44.5 Å². The van der Waals surface area contributed by atoms with Crippen molar-refractivity contribution in [2.45, 2.75) is 43.4 Å². The van der Waals surface area contributed by atoms with Gasteiger partial charge in [0.1, 0.15) is 24.6 Å². The van der Waals surface area contributed by atoms with Crippen LogP contribution < -0.4 is 5.32 Å². The molecule has 3 N–H and O–H groups in total. The lowest BCUT2D eigenvalue weighted by molar-refractivity contribution is -0.0583. The lowest BCUT2D eigenvalue weighted by atomic mass is 10.1. The first-order valence-corrected chi connectivity index (χ1v) is 9.67. The molecule has 0 bridgehead atoms. The Hall–Kier alpha value is -2.59. The van der Waals surface area contributed by atoms with Crippen LogP contribution in [0.15, 0.2) is 36.9 Å². The molecule has 1 fully saturated rings. The third-order valence-corrected chi connectivity index (χ3v) is 5.79. The van der Waals surface area contributed by atoms with E-state index in [1.54, 1.807) is 10.9 Å². The summed E-state index contributed by atoms with van der Waals surface area (Å²) in [7, 11) is 1.50. The second kappa shape index (κ2) is 7.34. The second-order valence-electron chi connectivity index (χ2n) is 7.50. The predicted octanol–water partition coefficient (Wildman–Crippen LogP) is 0.671. The maximum atomic E-state index is 10.3. The van der Waals surface area contributed by atoms with Gasteiger partial charge in [-0.05, 0) is 24.0 Å². The molecule has 2 aromatic heterocycles. The summed E-state index contributed by atoms with van der Waals surface area (Å²) in [5.41, 5.74) is 3.92. The number of hydrogen-bond acceptors (Lipinski definition) is 8. The summed E-state index contributed by atoms with van der Waals surface area (Å²) in [6.45, 7) is -0.297. The molecule has 0 radical (unpaired) electrons. The van der Waals surface area contributed by atoms with E-state index >= 15 is 0 Å². The molecule has 1 saturated heterocycles. The van der Waals surface area contributed by atoms with Gasteiger partial charge in [0.2, 0.25) is 0 Å². The molecule has 1 aliphatic carbocycles. The zero-order valence-electron chi connectivity index (χ0n) is 16.0. The number of anilines is 1. The number of rotatable bonds is 5. The Morgan fingerprint density at radius 1 is 1.21 bits per heavy atom. The van der Waals surface area contributed by atoms with Crippen LogP contribution in [-0.4, -0.2) is 67.8 Å². The van der Waals surface area contributed by atoms with E-state index in [0.29, 0.717) is 17.0 Å². The summed E-state index contributed by atoms with van der Waals surface area (Å²) < 4.78 is 13.0.